The second kappa shape index (κ2) is 13.2. The summed E-state index contributed by atoms with van der Waals surface area (Å²) < 4.78 is 16.4. The Morgan fingerprint density at radius 2 is 1.47 bits per heavy atom. The smallest absolute Gasteiger partial charge is 0.322 e. The summed E-state index contributed by atoms with van der Waals surface area (Å²) in [5.41, 5.74) is 4.87. The van der Waals surface area contributed by atoms with E-state index < -0.39 is 0 Å². The summed E-state index contributed by atoms with van der Waals surface area (Å²) >= 11 is 0. The lowest BCUT2D eigenvalue weighted by atomic mass is 10.0. The molecule has 0 saturated carbocycles. The Morgan fingerprint density at radius 1 is 0.789 bits per heavy atom. The molecular formula is C32H34N2O4. The summed E-state index contributed by atoms with van der Waals surface area (Å²) in [6.07, 6.45) is 0.658. The molecule has 0 saturated heterocycles. The number of anilines is 1. The van der Waals surface area contributed by atoms with Gasteiger partial charge in [-0.2, -0.15) is 0 Å². The molecule has 0 spiro atoms. The van der Waals surface area contributed by atoms with E-state index in [1.807, 2.05) is 109 Å². The lowest BCUT2D eigenvalue weighted by molar-refractivity contribution is 0.210. The number of hydrogen-bond donors (Lipinski definition) is 1. The predicted molar refractivity (Wildman–Crippen MR) is 152 cm³/mol. The molecule has 0 heterocycles. The second-order valence-corrected chi connectivity index (χ2v) is 8.78. The van der Waals surface area contributed by atoms with E-state index >= 15 is 0 Å². The highest BCUT2D eigenvalue weighted by Gasteiger charge is 2.17. The van der Waals surface area contributed by atoms with E-state index in [9.17, 15) is 4.79 Å². The van der Waals surface area contributed by atoms with Crippen LogP contribution >= 0.6 is 0 Å². The van der Waals surface area contributed by atoms with Gasteiger partial charge in [0.15, 0.2) is 11.5 Å². The fourth-order valence-corrected chi connectivity index (χ4v) is 4.29. The first kappa shape index (κ1) is 26.6. The van der Waals surface area contributed by atoms with Crippen LogP contribution in [-0.4, -0.2) is 38.3 Å². The average molecular weight is 511 g/mol. The largest absolute Gasteiger partial charge is 0.494 e. The van der Waals surface area contributed by atoms with Crippen LogP contribution in [0.2, 0.25) is 0 Å². The Morgan fingerprint density at radius 3 is 2.18 bits per heavy atom. The first-order valence-corrected chi connectivity index (χ1v) is 12.7. The molecule has 4 aromatic rings. The number of benzene rings is 4. The van der Waals surface area contributed by atoms with Gasteiger partial charge in [-0.05, 0) is 60.4 Å². The van der Waals surface area contributed by atoms with E-state index in [1.54, 1.807) is 14.2 Å². The molecule has 6 heteroatoms. The van der Waals surface area contributed by atoms with E-state index in [0.717, 1.165) is 33.7 Å². The third-order valence-electron chi connectivity index (χ3n) is 6.27. The van der Waals surface area contributed by atoms with Crippen molar-refractivity contribution in [2.75, 3.05) is 32.7 Å². The molecule has 4 rings (SSSR count). The average Bonchev–Trinajstić information content (AvgIpc) is 2.96. The summed E-state index contributed by atoms with van der Waals surface area (Å²) in [6.45, 7) is 3.54. The van der Waals surface area contributed by atoms with E-state index in [2.05, 4.69) is 5.32 Å². The van der Waals surface area contributed by atoms with Crippen LogP contribution in [0, 0.1) is 0 Å². The topological polar surface area (TPSA) is 60.0 Å². The molecular weight excluding hydrogens is 476 g/mol. The van der Waals surface area contributed by atoms with Crippen LogP contribution in [0.1, 0.15) is 18.1 Å². The first-order valence-electron chi connectivity index (χ1n) is 12.7. The summed E-state index contributed by atoms with van der Waals surface area (Å²) in [5, 5.41) is 3.16. The Bertz CT molecular complexity index is 1320. The zero-order valence-corrected chi connectivity index (χ0v) is 22.1. The molecule has 0 aliphatic carbocycles. The molecule has 0 aliphatic rings. The van der Waals surface area contributed by atoms with Crippen molar-refractivity contribution in [3.05, 3.63) is 108 Å². The number of carbonyl (C=O) groups is 1. The number of hydrogen-bond acceptors (Lipinski definition) is 4. The van der Waals surface area contributed by atoms with Gasteiger partial charge in [-0.3, -0.25) is 0 Å². The van der Waals surface area contributed by atoms with Crippen molar-refractivity contribution < 1.29 is 19.0 Å². The van der Waals surface area contributed by atoms with Gasteiger partial charge in [-0.15, -0.1) is 0 Å². The van der Waals surface area contributed by atoms with Gasteiger partial charge in [0.25, 0.3) is 0 Å². The van der Waals surface area contributed by atoms with E-state index in [4.69, 9.17) is 14.2 Å². The van der Waals surface area contributed by atoms with Crippen molar-refractivity contribution in [1.29, 1.82) is 0 Å². The van der Waals surface area contributed by atoms with Crippen LogP contribution in [0.25, 0.3) is 11.1 Å². The minimum Gasteiger partial charge on any atom is -0.494 e. The van der Waals surface area contributed by atoms with Crippen LogP contribution < -0.4 is 19.5 Å². The molecule has 38 heavy (non-hydrogen) atoms. The summed E-state index contributed by atoms with van der Waals surface area (Å²) in [4.78, 5) is 15.5. The molecule has 0 aromatic heterocycles. The monoisotopic (exact) mass is 510 g/mol. The number of nitrogens with zero attached hydrogens (tertiary/aromatic N) is 1. The molecule has 4 aromatic carbocycles. The fraction of sp³-hybridized carbons (Fsp3) is 0.219. The molecule has 0 fully saturated rings. The SMILES string of the molecule is CCOc1ccc(CN(CCc2ccc(OC)c(OC)c2)C(=O)Nc2ccccc2-c2ccccc2)cc1. The van der Waals surface area contributed by atoms with Crippen molar-refractivity contribution in [3.8, 4) is 28.4 Å². The highest BCUT2D eigenvalue weighted by Crippen LogP contribution is 2.29. The summed E-state index contributed by atoms with van der Waals surface area (Å²) in [7, 11) is 3.24. The number of urea groups is 1. The predicted octanol–water partition coefficient (Wildman–Crippen LogP) is 7.05. The third-order valence-corrected chi connectivity index (χ3v) is 6.27. The Kier molecular flexibility index (Phi) is 9.24. The van der Waals surface area contributed by atoms with Crippen LogP contribution in [-0.2, 0) is 13.0 Å². The Labute approximate surface area is 224 Å². The zero-order valence-electron chi connectivity index (χ0n) is 22.1. The molecule has 0 atom stereocenters. The molecule has 0 unspecified atom stereocenters. The Balaban J connectivity index is 1.56. The number of para-hydroxylation sites is 1. The number of carbonyl (C=O) groups excluding carboxylic acids is 1. The van der Waals surface area contributed by atoms with Gasteiger partial charge in [0.2, 0.25) is 0 Å². The maximum absolute atomic E-state index is 13.7. The maximum atomic E-state index is 13.7. The molecule has 0 bridgehead atoms. The third kappa shape index (κ3) is 6.85. The van der Waals surface area contributed by atoms with Gasteiger partial charge in [0.05, 0.1) is 26.5 Å². The normalized spacial score (nSPS) is 10.5. The number of ether oxygens (including phenoxy) is 3. The zero-order chi connectivity index (χ0) is 26.7. The fourth-order valence-electron chi connectivity index (χ4n) is 4.29. The highest BCUT2D eigenvalue weighted by atomic mass is 16.5. The second-order valence-electron chi connectivity index (χ2n) is 8.78. The van der Waals surface area contributed by atoms with Gasteiger partial charge in [0.1, 0.15) is 5.75 Å². The van der Waals surface area contributed by atoms with Crippen LogP contribution in [0.5, 0.6) is 17.2 Å². The number of methoxy groups -OCH3 is 2. The molecule has 196 valence electrons. The van der Waals surface area contributed by atoms with Crippen molar-refractivity contribution in [2.24, 2.45) is 0 Å². The van der Waals surface area contributed by atoms with Crippen molar-refractivity contribution in [1.82, 2.24) is 4.90 Å². The van der Waals surface area contributed by atoms with Gasteiger partial charge < -0.3 is 24.4 Å². The van der Waals surface area contributed by atoms with Gasteiger partial charge in [-0.1, -0.05) is 66.7 Å². The van der Waals surface area contributed by atoms with Crippen molar-refractivity contribution in [2.45, 2.75) is 19.9 Å². The quantitative estimate of drug-likeness (QED) is 0.235. The van der Waals surface area contributed by atoms with E-state index in [0.29, 0.717) is 37.6 Å². The van der Waals surface area contributed by atoms with Gasteiger partial charge in [0, 0.05) is 18.7 Å². The van der Waals surface area contributed by atoms with Crippen LogP contribution in [0.15, 0.2) is 97.1 Å². The van der Waals surface area contributed by atoms with Crippen LogP contribution in [0.3, 0.4) is 0 Å². The number of amides is 2. The van der Waals surface area contributed by atoms with E-state index in [1.165, 1.54) is 0 Å². The van der Waals surface area contributed by atoms with Gasteiger partial charge >= 0.3 is 6.03 Å². The Hall–Kier alpha value is -4.45. The number of rotatable bonds is 11. The molecule has 2 amide bonds. The van der Waals surface area contributed by atoms with Crippen molar-refractivity contribution >= 4 is 11.7 Å². The summed E-state index contributed by atoms with van der Waals surface area (Å²) in [5.74, 6) is 2.16. The maximum Gasteiger partial charge on any atom is 0.322 e. The minimum absolute atomic E-state index is 0.164. The number of nitrogens with one attached hydrogen (secondary N) is 1. The van der Waals surface area contributed by atoms with Crippen LogP contribution in [0.4, 0.5) is 10.5 Å². The highest BCUT2D eigenvalue weighted by molar-refractivity contribution is 5.94. The van der Waals surface area contributed by atoms with Gasteiger partial charge in [-0.25, -0.2) is 4.79 Å². The standard InChI is InChI=1S/C32H34N2O4/c1-4-38-27-17-14-25(15-18-27)23-34(21-20-24-16-19-30(36-2)31(22-24)37-3)32(35)33-29-13-9-8-12-28(29)26-10-6-5-7-11-26/h5-19,22H,4,20-21,23H2,1-3H3,(H,33,35). The van der Waals surface area contributed by atoms with Crippen molar-refractivity contribution in [3.63, 3.8) is 0 Å². The summed E-state index contributed by atoms with van der Waals surface area (Å²) in [6, 6.07) is 31.5. The lowest BCUT2D eigenvalue weighted by Crippen LogP contribution is -2.36. The lowest BCUT2D eigenvalue weighted by Gasteiger charge is -2.24. The minimum atomic E-state index is -0.164. The molecule has 0 radical (unpaired) electrons. The first-order chi connectivity index (χ1) is 18.6. The van der Waals surface area contributed by atoms with E-state index in [-0.39, 0.29) is 6.03 Å². The molecule has 1 N–H and O–H groups in total. The molecule has 0 aliphatic heterocycles. The molecule has 6 nitrogen and oxygen atoms in total.